The number of halogens is 1. The minimum Gasteiger partial charge on any atom is -0.382 e. The van der Waals surface area contributed by atoms with Crippen molar-refractivity contribution in [2.24, 2.45) is 0 Å². The Labute approximate surface area is 117 Å². The van der Waals surface area contributed by atoms with Crippen LogP contribution in [0.25, 0.3) is 0 Å². The number of H-pyrrole nitrogens is 1. The first-order chi connectivity index (χ1) is 9.51. The van der Waals surface area contributed by atoms with Crippen molar-refractivity contribution in [2.45, 2.75) is 5.16 Å². The van der Waals surface area contributed by atoms with E-state index in [1.807, 2.05) is 0 Å². The molecule has 0 aliphatic rings. The predicted octanol–water partition coefficient (Wildman–Crippen LogP) is 1.47. The molecule has 0 radical (unpaired) electrons. The lowest BCUT2D eigenvalue weighted by Gasteiger charge is -2.07. The molecule has 0 fully saturated rings. The first-order valence-corrected chi connectivity index (χ1v) is 6.74. The van der Waals surface area contributed by atoms with Crippen molar-refractivity contribution in [3.63, 3.8) is 0 Å². The molecule has 104 valence electrons. The van der Waals surface area contributed by atoms with Crippen molar-refractivity contribution in [2.75, 3.05) is 17.3 Å². The van der Waals surface area contributed by atoms with Crippen LogP contribution in [0.5, 0.6) is 0 Å². The quantitative estimate of drug-likeness (QED) is 0.588. The molecule has 4 N–H and O–H groups in total. The molecule has 2 rings (SSSR count). The lowest BCUT2D eigenvalue weighted by molar-refractivity contribution is 0.102. The van der Waals surface area contributed by atoms with E-state index in [0.717, 1.165) is 12.1 Å². The summed E-state index contributed by atoms with van der Waals surface area (Å²) in [6, 6.07) is 4.91. The van der Waals surface area contributed by atoms with E-state index in [2.05, 4.69) is 15.3 Å². The molecule has 0 bridgehead atoms. The minimum atomic E-state index is -0.569. The van der Waals surface area contributed by atoms with Crippen LogP contribution in [0.4, 0.5) is 15.9 Å². The van der Waals surface area contributed by atoms with Crippen molar-refractivity contribution in [1.29, 1.82) is 0 Å². The number of nitrogens with zero attached hydrogens (tertiary/aromatic N) is 1. The lowest BCUT2D eigenvalue weighted by atomic mass is 10.2. The number of benzene rings is 1. The van der Waals surface area contributed by atoms with Gasteiger partial charge in [-0.1, -0.05) is 11.8 Å². The summed E-state index contributed by atoms with van der Waals surface area (Å²) in [6.45, 7) is 0. The van der Waals surface area contributed by atoms with Crippen LogP contribution in [0.15, 0.2) is 34.2 Å². The molecule has 0 aliphatic carbocycles. The Hall–Kier alpha value is -2.35. The number of rotatable bonds is 3. The molecule has 8 heteroatoms. The second-order valence-corrected chi connectivity index (χ2v) is 4.59. The number of hydrogen-bond donors (Lipinski definition) is 3. The van der Waals surface area contributed by atoms with E-state index in [-0.39, 0.29) is 17.1 Å². The molecule has 0 saturated carbocycles. The van der Waals surface area contributed by atoms with Gasteiger partial charge in [0.25, 0.3) is 11.5 Å². The number of aromatic amines is 1. The number of anilines is 2. The maximum absolute atomic E-state index is 12.8. The molecule has 1 amide bonds. The number of hydrogen-bond acceptors (Lipinski definition) is 5. The van der Waals surface area contributed by atoms with Gasteiger partial charge in [0.15, 0.2) is 11.0 Å². The van der Waals surface area contributed by atoms with E-state index in [4.69, 9.17) is 5.73 Å². The third-order valence-electron chi connectivity index (χ3n) is 2.46. The van der Waals surface area contributed by atoms with Crippen molar-refractivity contribution in [3.05, 3.63) is 46.0 Å². The number of nitrogen functional groups attached to an aromatic ring is 1. The van der Waals surface area contributed by atoms with Crippen LogP contribution in [0.1, 0.15) is 10.4 Å². The molecular formula is C12H11FN4O2S. The highest BCUT2D eigenvalue weighted by atomic mass is 32.2. The van der Waals surface area contributed by atoms with Crippen molar-refractivity contribution in [1.82, 2.24) is 9.97 Å². The number of thioether (sulfide) groups is 1. The van der Waals surface area contributed by atoms with Gasteiger partial charge < -0.3 is 11.1 Å². The molecule has 0 saturated heterocycles. The van der Waals surface area contributed by atoms with Gasteiger partial charge in [0, 0.05) is 5.56 Å². The normalized spacial score (nSPS) is 10.3. The van der Waals surface area contributed by atoms with E-state index in [1.54, 1.807) is 6.26 Å². The minimum absolute atomic E-state index is 0.0754. The lowest BCUT2D eigenvalue weighted by Crippen LogP contribution is -2.23. The number of nitrogens with two attached hydrogens (primary N) is 1. The highest BCUT2D eigenvalue weighted by Gasteiger charge is 2.13. The Kier molecular flexibility index (Phi) is 4.04. The van der Waals surface area contributed by atoms with Crippen LogP contribution in [0, 0.1) is 5.82 Å². The third kappa shape index (κ3) is 2.97. The Morgan fingerprint density at radius 1 is 1.40 bits per heavy atom. The van der Waals surface area contributed by atoms with Gasteiger partial charge in [-0.2, -0.15) is 0 Å². The fourth-order valence-corrected chi connectivity index (χ4v) is 1.86. The second-order valence-electron chi connectivity index (χ2n) is 3.80. The average molecular weight is 294 g/mol. The number of carbonyl (C=O) groups is 1. The smallest absolute Gasteiger partial charge is 0.277 e. The van der Waals surface area contributed by atoms with Crippen LogP contribution in [0.3, 0.4) is 0 Å². The summed E-state index contributed by atoms with van der Waals surface area (Å²) >= 11 is 1.22. The molecule has 1 aromatic heterocycles. The Morgan fingerprint density at radius 3 is 2.60 bits per heavy atom. The topological polar surface area (TPSA) is 101 Å². The van der Waals surface area contributed by atoms with E-state index in [9.17, 15) is 14.0 Å². The van der Waals surface area contributed by atoms with Gasteiger partial charge in [0.2, 0.25) is 0 Å². The molecule has 0 spiro atoms. The van der Waals surface area contributed by atoms with E-state index < -0.39 is 17.3 Å². The molecule has 20 heavy (non-hydrogen) atoms. The summed E-state index contributed by atoms with van der Waals surface area (Å²) in [5.41, 5.74) is 5.16. The Balaban J connectivity index is 2.28. The van der Waals surface area contributed by atoms with E-state index >= 15 is 0 Å². The molecule has 1 heterocycles. The summed E-state index contributed by atoms with van der Waals surface area (Å²) in [5, 5.41) is 2.72. The predicted molar refractivity (Wildman–Crippen MR) is 75.4 cm³/mol. The number of nitrogens with one attached hydrogen (secondary N) is 2. The molecule has 0 unspecified atom stereocenters. The van der Waals surface area contributed by atoms with Crippen LogP contribution in [-0.2, 0) is 0 Å². The zero-order valence-electron chi connectivity index (χ0n) is 10.4. The summed E-state index contributed by atoms with van der Waals surface area (Å²) < 4.78 is 12.8. The highest BCUT2D eigenvalue weighted by molar-refractivity contribution is 7.98. The van der Waals surface area contributed by atoms with Gasteiger partial charge in [-0.05, 0) is 30.5 Å². The number of aromatic nitrogens is 2. The van der Waals surface area contributed by atoms with Crippen LogP contribution < -0.4 is 16.6 Å². The maximum atomic E-state index is 12.8. The molecular weight excluding hydrogens is 283 g/mol. The van der Waals surface area contributed by atoms with Crippen molar-refractivity contribution < 1.29 is 9.18 Å². The van der Waals surface area contributed by atoms with Gasteiger partial charge in [0.1, 0.15) is 11.5 Å². The maximum Gasteiger partial charge on any atom is 0.277 e. The molecule has 2 aromatic rings. The van der Waals surface area contributed by atoms with Crippen molar-refractivity contribution >= 4 is 29.2 Å². The molecule has 0 atom stereocenters. The molecule has 1 aromatic carbocycles. The number of carbonyl (C=O) groups excluding carboxylic acids is 1. The zero-order chi connectivity index (χ0) is 14.7. The van der Waals surface area contributed by atoms with Gasteiger partial charge in [0.05, 0.1) is 0 Å². The number of amides is 1. The fraction of sp³-hybridized carbons (Fsp3) is 0.0833. The van der Waals surface area contributed by atoms with Crippen LogP contribution in [-0.4, -0.2) is 22.1 Å². The van der Waals surface area contributed by atoms with Crippen LogP contribution in [0.2, 0.25) is 0 Å². The molecule has 0 aliphatic heterocycles. The Bertz CT molecular complexity index is 700. The third-order valence-corrected chi connectivity index (χ3v) is 3.04. The summed E-state index contributed by atoms with van der Waals surface area (Å²) in [7, 11) is 0. The standard InChI is InChI=1S/C12H11FN4O2S/c1-20-12-16-9(14)8(11(19)17-12)15-10(18)6-2-4-7(13)5-3-6/h2-5H,1H3,(H,15,18)(H3,14,16,17,19). The van der Waals surface area contributed by atoms with Gasteiger partial charge in [-0.15, -0.1) is 0 Å². The molecule has 6 nitrogen and oxygen atoms in total. The van der Waals surface area contributed by atoms with Crippen LogP contribution >= 0.6 is 11.8 Å². The van der Waals surface area contributed by atoms with Gasteiger partial charge in [-0.25, -0.2) is 9.37 Å². The second kappa shape index (κ2) is 5.74. The summed E-state index contributed by atoms with van der Waals surface area (Å²) in [6.07, 6.45) is 1.73. The first kappa shape index (κ1) is 14.1. The van der Waals surface area contributed by atoms with Gasteiger partial charge in [-0.3, -0.25) is 14.6 Å². The highest BCUT2D eigenvalue weighted by Crippen LogP contribution is 2.15. The largest absolute Gasteiger partial charge is 0.382 e. The van der Waals surface area contributed by atoms with E-state index in [1.165, 1.54) is 23.9 Å². The zero-order valence-corrected chi connectivity index (χ0v) is 11.3. The van der Waals surface area contributed by atoms with E-state index in [0.29, 0.717) is 5.16 Å². The summed E-state index contributed by atoms with van der Waals surface area (Å²) in [4.78, 5) is 30.1. The Morgan fingerprint density at radius 2 is 2.05 bits per heavy atom. The summed E-state index contributed by atoms with van der Waals surface area (Å²) in [5.74, 6) is -1.10. The van der Waals surface area contributed by atoms with Gasteiger partial charge >= 0.3 is 0 Å². The SMILES string of the molecule is CSc1nc(N)c(NC(=O)c2ccc(F)cc2)c(=O)[nH]1. The fourth-order valence-electron chi connectivity index (χ4n) is 1.47. The first-order valence-electron chi connectivity index (χ1n) is 5.52. The monoisotopic (exact) mass is 294 g/mol. The average Bonchev–Trinajstić information content (AvgIpc) is 2.43. The van der Waals surface area contributed by atoms with Crippen molar-refractivity contribution in [3.8, 4) is 0 Å².